The quantitative estimate of drug-likeness (QED) is 0.857. The van der Waals surface area contributed by atoms with Gasteiger partial charge in [-0.05, 0) is 43.0 Å². The SMILES string of the molecule is O=C1CCN1c1cccc(NC(=O)N2CCCC2Cc2ccccc2)c1. The second kappa shape index (κ2) is 7.20. The summed E-state index contributed by atoms with van der Waals surface area (Å²) in [5.41, 5.74) is 2.84. The van der Waals surface area contributed by atoms with E-state index in [1.165, 1.54) is 5.56 Å². The first-order valence-electron chi connectivity index (χ1n) is 9.23. The number of nitrogens with one attached hydrogen (secondary N) is 1. The van der Waals surface area contributed by atoms with Gasteiger partial charge in [0.15, 0.2) is 0 Å². The lowest BCUT2D eigenvalue weighted by atomic mass is 10.0. The zero-order valence-corrected chi connectivity index (χ0v) is 14.7. The molecule has 1 N–H and O–H groups in total. The van der Waals surface area contributed by atoms with Gasteiger partial charge in [0.25, 0.3) is 0 Å². The normalized spacial score (nSPS) is 19.4. The molecule has 2 fully saturated rings. The van der Waals surface area contributed by atoms with Crippen molar-refractivity contribution in [3.63, 3.8) is 0 Å². The fourth-order valence-corrected chi connectivity index (χ4v) is 3.74. The third kappa shape index (κ3) is 3.43. The molecule has 5 heteroatoms. The van der Waals surface area contributed by atoms with Crippen LogP contribution in [-0.4, -0.2) is 36.0 Å². The predicted octanol–water partition coefficient (Wildman–Crippen LogP) is 3.66. The average Bonchev–Trinajstić information content (AvgIpc) is 3.10. The summed E-state index contributed by atoms with van der Waals surface area (Å²) in [5.74, 6) is 0.135. The maximum absolute atomic E-state index is 12.8. The van der Waals surface area contributed by atoms with E-state index in [0.29, 0.717) is 6.42 Å². The number of anilines is 2. The Balaban J connectivity index is 1.42. The first-order chi connectivity index (χ1) is 12.7. The van der Waals surface area contributed by atoms with Crippen molar-refractivity contribution < 1.29 is 9.59 Å². The number of hydrogen-bond donors (Lipinski definition) is 1. The molecular weight excluding hydrogens is 326 g/mol. The van der Waals surface area contributed by atoms with E-state index in [4.69, 9.17) is 0 Å². The summed E-state index contributed by atoms with van der Waals surface area (Å²) in [6.45, 7) is 1.54. The van der Waals surface area contributed by atoms with Gasteiger partial charge in [0.2, 0.25) is 5.91 Å². The van der Waals surface area contributed by atoms with Crippen LogP contribution in [0.4, 0.5) is 16.2 Å². The number of carbonyl (C=O) groups is 2. The molecule has 4 rings (SSSR count). The van der Waals surface area contributed by atoms with Crippen LogP contribution in [0, 0.1) is 0 Å². The van der Waals surface area contributed by atoms with Gasteiger partial charge in [-0.25, -0.2) is 4.79 Å². The minimum atomic E-state index is -0.0597. The fraction of sp³-hybridized carbons (Fsp3) is 0.333. The molecule has 1 unspecified atom stereocenters. The molecular formula is C21H23N3O2. The highest BCUT2D eigenvalue weighted by molar-refractivity contribution is 6.00. The maximum atomic E-state index is 12.8. The summed E-state index contributed by atoms with van der Waals surface area (Å²) in [6.07, 6.45) is 3.56. The summed E-state index contributed by atoms with van der Waals surface area (Å²) < 4.78 is 0. The monoisotopic (exact) mass is 349 g/mol. The van der Waals surface area contributed by atoms with E-state index in [9.17, 15) is 9.59 Å². The van der Waals surface area contributed by atoms with E-state index in [1.807, 2.05) is 47.4 Å². The van der Waals surface area contributed by atoms with E-state index in [1.54, 1.807) is 4.90 Å². The van der Waals surface area contributed by atoms with Crippen molar-refractivity contribution in [3.8, 4) is 0 Å². The van der Waals surface area contributed by atoms with Crippen LogP contribution in [0.25, 0.3) is 0 Å². The van der Waals surface area contributed by atoms with Crippen molar-refractivity contribution in [2.45, 2.75) is 31.7 Å². The van der Waals surface area contributed by atoms with Crippen LogP contribution in [0.3, 0.4) is 0 Å². The first kappa shape index (κ1) is 16.6. The number of β-lactam (4-membered cyclic amide) rings is 1. The van der Waals surface area contributed by atoms with Gasteiger partial charge in [-0.3, -0.25) is 4.79 Å². The Morgan fingerprint density at radius 1 is 1.08 bits per heavy atom. The van der Waals surface area contributed by atoms with Gasteiger partial charge in [0, 0.05) is 36.9 Å². The third-order valence-corrected chi connectivity index (χ3v) is 5.21. The maximum Gasteiger partial charge on any atom is 0.322 e. The topological polar surface area (TPSA) is 52.7 Å². The summed E-state index contributed by atoms with van der Waals surface area (Å²) in [6, 6.07) is 18.0. The number of nitrogens with zero attached hydrogens (tertiary/aromatic N) is 2. The molecule has 0 bridgehead atoms. The largest absolute Gasteiger partial charge is 0.322 e. The van der Waals surface area contributed by atoms with Crippen molar-refractivity contribution in [3.05, 3.63) is 60.2 Å². The van der Waals surface area contributed by atoms with Crippen molar-refractivity contribution in [2.75, 3.05) is 23.3 Å². The number of urea groups is 1. The molecule has 2 saturated heterocycles. The van der Waals surface area contributed by atoms with E-state index in [2.05, 4.69) is 17.4 Å². The molecule has 3 amide bonds. The Morgan fingerprint density at radius 3 is 2.65 bits per heavy atom. The molecule has 0 aromatic heterocycles. The summed E-state index contributed by atoms with van der Waals surface area (Å²) in [5, 5.41) is 3.01. The molecule has 2 aliphatic heterocycles. The number of likely N-dealkylation sites (tertiary alicyclic amines) is 1. The minimum Gasteiger partial charge on any atom is -0.321 e. The van der Waals surface area contributed by atoms with E-state index < -0.39 is 0 Å². The molecule has 26 heavy (non-hydrogen) atoms. The van der Waals surface area contributed by atoms with Crippen LogP contribution in [-0.2, 0) is 11.2 Å². The van der Waals surface area contributed by atoms with Gasteiger partial charge in [-0.2, -0.15) is 0 Å². The van der Waals surface area contributed by atoms with Crippen LogP contribution in [0.5, 0.6) is 0 Å². The summed E-state index contributed by atoms with van der Waals surface area (Å²) in [7, 11) is 0. The molecule has 0 saturated carbocycles. The van der Waals surface area contributed by atoms with E-state index in [0.717, 1.165) is 43.7 Å². The molecule has 2 aliphatic rings. The van der Waals surface area contributed by atoms with E-state index in [-0.39, 0.29) is 18.0 Å². The van der Waals surface area contributed by atoms with Gasteiger partial charge in [-0.1, -0.05) is 36.4 Å². The van der Waals surface area contributed by atoms with Gasteiger partial charge < -0.3 is 15.1 Å². The molecule has 2 heterocycles. The highest BCUT2D eigenvalue weighted by Gasteiger charge is 2.29. The summed E-state index contributed by atoms with van der Waals surface area (Å²) >= 11 is 0. The molecule has 2 aromatic rings. The molecule has 134 valence electrons. The second-order valence-corrected chi connectivity index (χ2v) is 6.96. The Bertz CT molecular complexity index is 806. The lowest BCUT2D eigenvalue weighted by molar-refractivity contribution is -0.122. The summed E-state index contributed by atoms with van der Waals surface area (Å²) in [4.78, 5) is 28.1. The first-order valence-corrected chi connectivity index (χ1v) is 9.23. The number of rotatable bonds is 4. The molecule has 0 aliphatic carbocycles. The van der Waals surface area contributed by atoms with Gasteiger partial charge in [0.05, 0.1) is 0 Å². The molecule has 1 atom stereocenters. The average molecular weight is 349 g/mol. The van der Waals surface area contributed by atoms with Crippen LogP contribution in [0.1, 0.15) is 24.8 Å². The molecule has 5 nitrogen and oxygen atoms in total. The van der Waals surface area contributed by atoms with Gasteiger partial charge >= 0.3 is 6.03 Å². The van der Waals surface area contributed by atoms with Crippen molar-refractivity contribution >= 4 is 23.3 Å². The Morgan fingerprint density at radius 2 is 1.92 bits per heavy atom. The van der Waals surface area contributed by atoms with Crippen LogP contribution >= 0.6 is 0 Å². The van der Waals surface area contributed by atoms with Crippen molar-refractivity contribution in [1.29, 1.82) is 0 Å². The Kier molecular flexibility index (Phi) is 4.61. The van der Waals surface area contributed by atoms with Gasteiger partial charge in [0.1, 0.15) is 0 Å². The van der Waals surface area contributed by atoms with Crippen LogP contribution in [0.15, 0.2) is 54.6 Å². The zero-order valence-electron chi connectivity index (χ0n) is 14.7. The lowest BCUT2D eigenvalue weighted by Gasteiger charge is -2.31. The highest BCUT2D eigenvalue weighted by Crippen LogP contribution is 2.26. The smallest absolute Gasteiger partial charge is 0.321 e. The number of benzene rings is 2. The molecule has 2 aromatic carbocycles. The second-order valence-electron chi connectivity index (χ2n) is 6.96. The third-order valence-electron chi connectivity index (χ3n) is 5.21. The molecule has 0 radical (unpaired) electrons. The minimum absolute atomic E-state index is 0.0597. The predicted molar refractivity (Wildman–Crippen MR) is 102 cm³/mol. The Hall–Kier alpha value is -2.82. The molecule has 0 spiro atoms. The van der Waals surface area contributed by atoms with Crippen LogP contribution < -0.4 is 10.2 Å². The lowest BCUT2D eigenvalue weighted by Crippen LogP contribution is -2.43. The Labute approximate surface area is 153 Å². The van der Waals surface area contributed by atoms with Gasteiger partial charge in [-0.15, -0.1) is 0 Å². The van der Waals surface area contributed by atoms with E-state index >= 15 is 0 Å². The highest BCUT2D eigenvalue weighted by atomic mass is 16.2. The van der Waals surface area contributed by atoms with Crippen molar-refractivity contribution in [2.24, 2.45) is 0 Å². The number of amides is 3. The number of hydrogen-bond acceptors (Lipinski definition) is 2. The zero-order chi connectivity index (χ0) is 17.9. The van der Waals surface area contributed by atoms with Crippen molar-refractivity contribution in [1.82, 2.24) is 4.90 Å². The number of carbonyl (C=O) groups excluding carboxylic acids is 2. The van der Waals surface area contributed by atoms with Crippen LogP contribution in [0.2, 0.25) is 0 Å². The fourth-order valence-electron chi connectivity index (χ4n) is 3.74. The standard InChI is InChI=1S/C21H23N3O2/c25-20-11-13-23(20)19-9-4-8-17(15-19)22-21(26)24-12-5-10-18(24)14-16-6-2-1-3-7-16/h1-4,6-9,15,18H,5,10-14H2,(H,22,26).